The Labute approximate surface area is 107 Å². The van der Waals surface area contributed by atoms with Crippen LogP contribution in [0, 0.1) is 5.92 Å². The fourth-order valence-corrected chi connectivity index (χ4v) is 2.55. The van der Waals surface area contributed by atoms with Gasteiger partial charge >= 0.3 is 5.97 Å². The molecule has 1 fully saturated rings. The quantitative estimate of drug-likeness (QED) is 0.762. The van der Waals surface area contributed by atoms with E-state index in [0.29, 0.717) is 4.99 Å². The molecule has 0 amide bonds. The SMILES string of the molecule is CC(=O)C(C)C(=S)N(CC(=O)O)C1CCCC1. The maximum absolute atomic E-state index is 11.3. The molecular formula is C12H19NO3S. The second kappa shape index (κ2) is 6.10. The number of rotatable bonds is 5. The van der Waals surface area contributed by atoms with Gasteiger partial charge in [0.1, 0.15) is 12.3 Å². The van der Waals surface area contributed by atoms with Crippen molar-refractivity contribution in [2.75, 3.05) is 6.54 Å². The van der Waals surface area contributed by atoms with E-state index in [1.54, 1.807) is 11.8 Å². The Bertz CT molecular complexity index is 324. The van der Waals surface area contributed by atoms with Gasteiger partial charge in [-0.2, -0.15) is 0 Å². The Morgan fingerprint density at radius 2 is 1.94 bits per heavy atom. The van der Waals surface area contributed by atoms with E-state index in [2.05, 4.69) is 0 Å². The summed E-state index contributed by atoms with van der Waals surface area (Å²) in [6, 6.07) is 0.195. The molecule has 96 valence electrons. The fourth-order valence-electron chi connectivity index (χ4n) is 2.17. The zero-order valence-electron chi connectivity index (χ0n) is 10.3. The molecule has 0 bridgehead atoms. The van der Waals surface area contributed by atoms with Crippen LogP contribution >= 0.6 is 12.2 Å². The maximum Gasteiger partial charge on any atom is 0.323 e. The van der Waals surface area contributed by atoms with Crippen LogP contribution in [-0.4, -0.2) is 39.3 Å². The van der Waals surface area contributed by atoms with E-state index < -0.39 is 5.97 Å². The summed E-state index contributed by atoms with van der Waals surface area (Å²) in [4.78, 5) is 24.4. The lowest BCUT2D eigenvalue weighted by molar-refractivity contribution is -0.138. The molecule has 1 aliphatic carbocycles. The van der Waals surface area contributed by atoms with Gasteiger partial charge in [0.2, 0.25) is 0 Å². The Balaban J connectivity index is 2.77. The minimum absolute atomic E-state index is 0.0108. The predicted octanol–water partition coefficient (Wildman–Crippen LogP) is 1.87. The van der Waals surface area contributed by atoms with E-state index in [1.165, 1.54) is 6.92 Å². The van der Waals surface area contributed by atoms with Crippen molar-refractivity contribution in [2.45, 2.75) is 45.6 Å². The van der Waals surface area contributed by atoms with Gasteiger partial charge in [-0.1, -0.05) is 25.1 Å². The second-order valence-corrected chi connectivity index (χ2v) is 5.05. The minimum Gasteiger partial charge on any atom is -0.480 e. The maximum atomic E-state index is 11.3. The molecule has 17 heavy (non-hydrogen) atoms. The third-order valence-electron chi connectivity index (χ3n) is 3.33. The van der Waals surface area contributed by atoms with E-state index in [-0.39, 0.29) is 24.3 Å². The molecule has 1 atom stereocenters. The average Bonchev–Trinajstić information content (AvgIpc) is 2.76. The number of carboxylic acids is 1. The number of thiocarbonyl (C=S) groups is 1. The molecule has 4 nitrogen and oxygen atoms in total. The number of ketones is 1. The molecule has 1 rings (SSSR count). The molecule has 0 aromatic rings. The standard InChI is InChI=1S/C12H19NO3S/c1-8(9(2)14)12(17)13(7-11(15)16)10-5-3-4-6-10/h8,10H,3-7H2,1-2H3,(H,15,16). The van der Waals surface area contributed by atoms with Gasteiger partial charge in [-0.05, 0) is 26.7 Å². The van der Waals surface area contributed by atoms with Crippen LogP contribution in [0.15, 0.2) is 0 Å². The zero-order valence-corrected chi connectivity index (χ0v) is 11.1. The van der Waals surface area contributed by atoms with E-state index in [9.17, 15) is 9.59 Å². The first kappa shape index (κ1) is 14.1. The van der Waals surface area contributed by atoms with Crippen LogP contribution in [0.25, 0.3) is 0 Å². The highest BCUT2D eigenvalue weighted by atomic mass is 32.1. The monoisotopic (exact) mass is 257 g/mol. The third kappa shape index (κ3) is 3.77. The molecule has 0 aromatic carbocycles. The number of hydrogen-bond donors (Lipinski definition) is 1. The van der Waals surface area contributed by atoms with Gasteiger partial charge in [-0.25, -0.2) is 0 Å². The van der Waals surface area contributed by atoms with Gasteiger partial charge in [0, 0.05) is 6.04 Å². The summed E-state index contributed by atoms with van der Waals surface area (Å²) in [7, 11) is 0. The Morgan fingerprint density at radius 3 is 2.35 bits per heavy atom. The highest BCUT2D eigenvalue weighted by Gasteiger charge is 2.29. The topological polar surface area (TPSA) is 57.6 Å². The smallest absolute Gasteiger partial charge is 0.323 e. The van der Waals surface area contributed by atoms with E-state index in [1.807, 2.05) is 0 Å². The van der Waals surface area contributed by atoms with Gasteiger partial charge in [-0.3, -0.25) is 9.59 Å². The molecule has 1 N–H and O–H groups in total. The summed E-state index contributed by atoms with van der Waals surface area (Å²) < 4.78 is 0. The van der Waals surface area contributed by atoms with E-state index in [4.69, 9.17) is 17.3 Å². The molecule has 1 aliphatic rings. The van der Waals surface area contributed by atoms with Crippen molar-refractivity contribution in [3.8, 4) is 0 Å². The molecule has 1 saturated carbocycles. The molecule has 0 aliphatic heterocycles. The number of aliphatic carboxylic acids is 1. The van der Waals surface area contributed by atoms with Gasteiger partial charge in [-0.15, -0.1) is 0 Å². The van der Waals surface area contributed by atoms with E-state index in [0.717, 1.165) is 25.7 Å². The molecule has 5 heteroatoms. The first-order valence-corrected chi connectivity index (χ1v) is 6.37. The van der Waals surface area contributed by atoms with Crippen LogP contribution in [0.5, 0.6) is 0 Å². The molecule has 0 saturated heterocycles. The number of nitrogens with zero attached hydrogens (tertiary/aromatic N) is 1. The molecule has 1 unspecified atom stereocenters. The number of carbonyl (C=O) groups is 2. The Hall–Kier alpha value is -0.970. The van der Waals surface area contributed by atoms with E-state index >= 15 is 0 Å². The lowest BCUT2D eigenvalue weighted by Gasteiger charge is -2.31. The van der Waals surface area contributed by atoms with Crippen LogP contribution in [0.3, 0.4) is 0 Å². The van der Waals surface area contributed by atoms with Crippen LogP contribution < -0.4 is 0 Å². The van der Waals surface area contributed by atoms with Crippen molar-refractivity contribution in [3.05, 3.63) is 0 Å². The summed E-state index contributed by atoms with van der Waals surface area (Å²) in [6.07, 6.45) is 4.16. The number of carbonyl (C=O) groups excluding carboxylic acids is 1. The summed E-state index contributed by atoms with van der Waals surface area (Å²) in [5.41, 5.74) is 0. The van der Waals surface area contributed by atoms with Crippen molar-refractivity contribution in [2.24, 2.45) is 5.92 Å². The molecule has 0 aromatic heterocycles. The third-order valence-corrected chi connectivity index (χ3v) is 3.92. The molecule has 0 radical (unpaired) electrons. The predicted molar refractivity (Wildman–Crippen MR) is 69.0 cm³/mol. The van der Waals surface area contributed by atoms with Gasteiger partial charge in [0.05, 0.1) is 10.9 Å². The normalized spacial score (nSPS) is 17.8. The number of Topliss-reactive ketones (excluding diaryl/α,β-unsaturated/α-hetero) is 1. The van der Waals surface area contributed by atoms with Crippen LogP contribution in [0.1, 0.15) is 39.5 Å². The Kier molecular flexibility index (Phi) is 5.05. The first-order valence-electron chi connectivity index (χ1n) is 5.96. The largest absolute Gasteiger partial charge is 0.480 e. The van der Waals surface area contributed by atoms with Gasteiger partial charge in [0.25, 0.3) is 0 Å². The first-order chi connectivity index (χ1) is 7.93. The average molecular weight is 257 g/mol. The van der Waals surface area contributed by atoms with Crippen molar-refractivity contribution >= 4 is 29.0 Å². The van der Waals surface area contributed by atoms with Crippen molar-refractivity contribution < 1.29 is 14.7 Å². The summed E-state index contributed by atoms with van der Waals surface area (Å²) >= 11 is 5.27. The fraction of sp³-hybridized carbons (Fsp3) is 0.750. The second-order valence-electron chi connectivity index (χ2n) is 4.63. The van der Waals surface area contributed by atoms with Crippen LogP contribution in [0.4, 0.5) is 0 Å². The Morgan fingerprint density at radius 1 is 1.41 bits per heavy atom. The highest BCUT2D eigenvalue weighted by molar-refractivity contribution is 7.80. The lowest BCUT2D eigenvalue weighted by Crippen LogP contribution is -2.45. The molecule has 0 heterocycles. The van der Waals surface area contributed by atoms with Crippen LogP contribution in [-0.2, 0) is 9.59 Å². The molecular weight excluding hydrogens is 238 g/mol. The lowest BCUT2D eigenvalue weighted by atomic mass is 10.1. The van der Waals surface area contributed by atoms with Crippen molar-refractivity contribution in [1.82, 2.24) is 4.90 Å². The zero-order chi connectivity index (χ0) is 13.0. The highest BCUT2D eigenvalue weighted by Crippen LogP contribution is 2.25. The van der Waals surface area contributed by atoms with Crippen molar-refractivity contribution in [1.29, 1.82) is 0 Å². The van der Waals surface area contributed by atoms with Crippen molar-refractivity contribution in [3.63, 3.8) is 0 Å². The van der Waals surface area contributed by atoms with Gasteiger partial charge in [0.15, 0.2) is 0 Å². The van der Waals surface area contributed by atoms with Crippen LogP contribution in [0.2, 0.25) is 0 Å². The number of carboxylic acid groups (broad SMARTS) is 1. The summed E-state index contributed by atoms with van der Waals surface area (Å²) in [5, 5.41) is 8.93. The number of hydrogen-bond acceptors (Lipinski definition) is 3. The summed E-state index contributed by atoms with van der Waals surface area (Å²) in [6.45, 7) is 3.14. The minimum atomic E-state index is -0.894. The van der Waals surface area contributed by atoms with Gasteiger partial charge < -0.3 is 10.0 Å². The summed E-state index contributed by atoms with van der Waals surface area (Å²) in [5.74, 6) is -1.27. The molecule has 0 spiro atoms.